The first-order chi connectivity index (χ1) is 4.83. The third-order valence-electron chi connectivity index (χ3n) is 1.83. The van der Waals surface area contributed by atoms with Crippen LogP contribution in [0.1, 0.15) is 25.7 Å². The fourth-order valence-electron chi connectivity index (χ4n) is 1.19. The summed E-state index contributed by atoms with van der Waals surface area (Å²) >= 11 is 0. The summed E-state index contributed by atoms with van der Waals surface area (Å²) in [7, 11) is 1.58. The fourth-order valence-corrected chi connectivity index (χ4v) is 1.19. The molecule has 0 radical (unpaired) electrons. The summed E-state index contributed by atoms with van der Waals surface area (Å²) in [6, 6.07) is 0.385. The monoisotopic (exact) mass is 142 g/mol. The summed E-state index contributed by atoms with van der Waals surface area (Å²) in [6.07, 6.45) is 4.13. The molecule has 58 valence electrons. The zero-order chi connectivity index (χ0) is 7.40. The van der Waals surface area contributed by atoms with E-state index in [0.29, 0.717) is 6.04 Å². The molecule has 0 spiro atoms. The number of nitrogens with zero attached hydrogens (tertiary/aromatic N) is 1. The van der Waals surface area contributed by atoms with Crippen LogP contribution in [0.25, 0.3) is 0 Å². The highest BCUT2D eigenvalue weighted by atomic mass is 16.6. The Hall–Kier alpha value is -0.570. The topological polar surface area (TPSA) is 47.6 Å². The molecule has 0 atom stereocenters. The second-order valence-electron chi connectivity index (χ2n) is 2.68. The van der Waals surface area contributed by atoms with E-state index in [9.17, 15) is 0 Å². The summed E-state index contributed by atoms with van der Waals surface area (Å²) < 4.78 is 0. The zero-order valence-electron chi connectivity index (χ0n) is 6.34. The predicted molar refractivity (Wildman–Crippen MR) is 40.9 cm³/mol. The molecule has 0 aliphatic heterocycles. The average Bonchev–Trinajstić information content (AvgIpc) is 1.95. The number of hydrogen-bond donors (Lipinski definition) is 1. The molecule has 0 aromatic carbocycles. The van der Waals surface area contributed by atoms with Crippen molar-refractivity contribution in [3.8, 4) is 0 Å². The molecular formula is C7H14N2O. The van der Waals surface area contributed by atoms with E-state index in [1.165, 1.54) is 0 Å². The van der Waals surface area contributed by atoms with Crippen LogP contribution in [0.3, 0.4) is 0 Å². The van der Waals surface area contributed by atoms with Crippen molar-refractivity contribution in [3.63, 3.8) is 0 Å². The number of rotatable bonds is 1. The van der Waals surface area contributed by atoms with Crippen molar-refractivity contribution in [2.45, 2.75) is 31.7 Å². The molecule has 0 heterocycles. The highest BCUT2D eigenvalue weighted by Gasteiger charge is 2.13. The first kappa shape index (κ1) is 7.54. The standard InChI is InChI=1S/C7H14N2O/c1-10-9-7-4-2-6(8)3-5-7/h6H,2-5,8H2,1H3. The van der Waals surface area contributed by atoms with Gasteiger partial charge in [0.05, 0.1) is 5.71 Å². The van der Waals surface area contributed by atoms with E-state index in [1.54, 1.807) is 7.11 Å². The molecule has 1 aliphatic rings. The molecule has 1 fully saturated rings. The number of oxime groups is 1. The Labute approximate surface area is 61.2 Å². The Morgan fingerprint density at radius 1 is 1.50 bits per heavy atom. The normalized spacial score (nSPS) is 26.2. The van der Waals surface area contributed by atoms with Gasteiger partial charge in [0.15, 0.2) is 0 Å². The van der Waals surface area contributed by atoms with Gasteiger partial charge in [-0.05, 0) is 25.7 Å². The molecule has 0 aromatic rings. The molecule has 0 bridgehead atoms. The van der Waals surface area contributed by atoms with Gasteiger partial charge in [0.2, 0.25) is 0 Å². The molecule has 0 amide bonds. The SMILES string of the molecule is CON=C1CCC(N)CC1. The molecule has 0 saturated heterocycles. The van der Waals surface area contributed by atoms with Gasteiger partial charge in [0.1, 0.15) is 7.11 Å². The van der Waals surface area contributed by atoms with E-state index in [-0.39, 0.29) is 0 Å². The second kappa shape index (κ2) is 3.56. The van der Waals surface area contributed by atoms with E-state index in [2.05, 4.69) is 9.99 Å². The van der Waals surface area contributed by atoms with Crippen LogP contribution in [0.4, 0.5) is 0 Å². The lowest BCUT2D eigenvalue weighted by molar-refractivity contribution is 0.210. The van der Waals surface area contributed by atoms with Crippen molar-refractivity contribution < 1.29 is 4.84 Å². The maximum atomic E-state index is 5.70. The molecule has 10 heavy (non-hydrogen) atoms. The van der Waals surface area contributed by atoms with Crippen LogP contribution in [0.5, 0.6) is 0 Å². The maximum Gasteiger partial charge on any atom is 0.106 e. The van der Waals surface area contributed by atoms with Crippen molar-refractivity contribution in [1.82, 2.24) is 0 Å². The van der Waals surface area contributed by atoms with Crippen LogP contribution in [0.15, 0.2) is 5.16 Å². The maximum absolute atomic E-state index is 5.70. The summed E-state index contributed by atoms with van der Waals surface area (Å²) in [6.45, 7) is 0. The van der Waals surface area contributed by atoms with Gasteiger partial charge in [-0.1, -0.05) is 5.16 Å². The van der Waals surface area contributed by atoms with Crippen molar-refractivity contribution in [3.05, 3.63) is 0 Å². The summed E-state index contributed by atoms with van der Waals surface area (Å²) in [5, 5.41) is 3.88. The van der Waals surface area contributed by atoms with Crippen LogP contribution < -0.4 is 5.73 Å². The van der Waals surface area contributed by atoms with Crippen LogP contribution in [-0.2, 0) is 4.84 Å². The van der Waals surface area contributed by atoms with E-state index in [1.807, 2.05) is 0 Å². The van der Waals surface area contributed by atoms with Gasteiger partial charge in [-0.2, -0.15) is 0 Å². The summed E-state index contributed by atoms with van der Waals surface area (Å²) in [4.78, 5) is 4.66. The third kappa shape index (κ3) is 1.99. The lowest BCUT2D eigenvalue weighted by Crippen LogP contribution is -2.26. The Balaban J connectivity index is 2.32. The molecule has 2 N–H and O–H groups in total. The fraction of sp³-hybridized carbons (Fsp3) is 0.857. The Bertz CT molecular complexity index is 124. The molecule has 1 saturated carbocycles. The van der Waals surface area contributed by atoms with Gasteiger partial charge in [0, 0.05) is 6.04 Å². The summed E-state index contributed by atoms with van der Waals surface area (Å²) in [5.41, 5.74) is 6.85. The zero-order valence-corrected chi connectivity index (χ0v) is 6.34. The van der Waals surface area contributed by atoms with Gasteiger partial charge in [-0.25, -0.2) is 0 Å². The largest absolute Gasteiger partial charge is 0.399 e. The third-order valence-corrected chi connectivity index (χ3v) is 1.83. The van der Waals surface area contributed by atoms with Crippen LogP contribution in [0, 0.1) is 0 Å². The minimum atomic E-state index is 0.385. The van der Waals surface area contributed by atoms with Crippen LogP contribution >= 0.6 is 0 Å². The highest BCUT2D eigenvalue weighted by Crippen LogP contribution is 2.13. The lowest BCUT2D eigenvalue weighted by atomic mass is 9.95. The first-order valence-corrected chi connectivity index (χ1v) is 3.67. The minimum Gasteiger partial charge on any atom is -0.399 e. The van der Waals surface area contributed by atoms with Gasteiger partial charge in [-0.3, -0.25) is 0 Å². The molecule has 1 rings (SSSR count). The smallest absolute Gasteiger partial charge is 0.106 e. The van der Waals surface area contributed by atoms with Crippen molar-refractivity contribution in [1.29, 1.82) is 0 Å². The van der Waals surface area contributed by atoms with E-state index in [0.717, 1.165) is 31.4 Å². The Morgan fingerprint density at radius 2 is 2.10 bits per heavy atom. The molecule has 3 nitrogen and oxygen atoms in total. The Morgan fingerprint density at radius 3 is 2.60 bits per heavy atom. The van der Waals surface area contributed by atoms with Crippen molar-refractivity contribution in [2.75, 3.05) is 7.11 Å². The lowest BCUT2D eigenvalue weighted by Gasteiger charge is -2.17. The van der Waals surface area contributed by atoms with Crippen LogP contribution in [0.2, 0.25) is 0 Å². The van der Waals surface area contributed by atoms with E-state index in [4.69, 9.17) is 5.73 Å². The van der Waals surface area contributed by atoms with Gasteiger partial charge in [-0.15, -0.1) is 0 Å². The van der Waals surface area contributed by atoms with Crippen molar-refractivity contribution >= 4 is 5.71 Å². The van der Waals surface area contributed by atoms with E-state index < -0.39 is 0 Å². The molecule has 1 aliphatic carbocycles. The average molecular weight is 142 g/mol. The quantitative estimate of drug-likeness (QED) is 0.553. The number of nitrogens with two attached hydrogens (primary N) is 1. The van der Waals surface area contributed by atoms with E-state index >= 15 is 0 Å². The number of hydrogen-bond acceptors (Lipinski definition) is 3. The van der Waals surface area contributed by atoms with Gasteiger partial charge < -0.3 is 10.6 Å². The predicted octanol–water partition coefficient (Wildman–Crippen LogP) is 0.890. The minimum absolute atomic E-state index is 0.385. The van der Waals surface area contributed by atoms with Gasteiger partial charge >= 0.3 is 0 Å². The Kier molecular flexibility index (Phi) is 2.68. The van der Waals surface area contributed by atoms with Crippen LogP contribution in [-0.4, -0.2) is 18.9 Å². The van der Waals surface area contributed by atoms with Crippen molar-refractivity contribution in [2.24, 2.45) is 10.9 Å². The molecule has 0 aromatic heterocycles. The summed E-state index contributed by atoms with van der Waals surface area (Å²) in [5.74, 6) is 0. The molecular weight excluding hydrogens is 128 g/mol. The molecule has 0 unspecified atom stereocenters. The second-order valence-corrected chi connectivity index (χ2v) is 2.68. The first-order valence-electron chi connectivity index (χ1n) is 3.67. The van der Waals surface area contributed by atoms with Gasteiger partial charge in [0.25, 0.3) is 0 Å². The molecule has 3 heteroatoms. The highest BCUT2D eigenvalue weighted by molar-refractivity contribution is 5.84.